The van der Waals surface area contributed by atoms with Gasteiger partial charge in [-0.05, 0) is 18.1 Å². The maximum absolute atomic E-state index is 11.6. The van der Waals surface area contributed by atoms with Gasteiger partial charge in [-0.25, -0.2) is 9.97 Å². The minimum Gasteiger partial charge on any atom is -0.360 e. The van der Waals surface area contributed by atoms with E-state index < -0.39 is 4.92 Å². The summed E-state index contributed by atoms with van der Waals surface area (Å²) in [6, 6.07) is 19.3. The Balaban J connectivity index is 1.84. The van der Waals surface area contributed by atoms with Crippen molar-refractivity contribution in [3.05, 3.63) is 87.7 Å². The second kappa shape index (κ2) is 8.06. The monoisotopic (exact) mass is 349 g/mol. The van der Waals surface area contributed by atoms with E-state index in [0.717, 1.165) is 11.1 Å². The van der Waals surface area contributed by atoms with Gasteiger partial charge in [0.1, 0.15) is 5.82 Å². The van der Waals surface area contributed by atoms with Crippen molar-refractivity contribution in [2.24, 2.45) is 0 Å². The highest BCUT2D eigenvalue weighted by Gasteiger charge is 2.24. The van der Waals surface area contributed by atoms with Gasteiger partial charge in [-0.2, -0.15) is 0 Å². The average Bonchev–Trinajstić information content (AvgIpc) is 2.65. The van der Waals surface area contributed by atoms with Gasteiger partial charge in [0, 0.05) is 13.1 Å². The lowest BCUT2D eigenvalue weighted by Crippen LogP contribution is -2.11. The fourth-order valence-corrected chi connectivity index (χ4v) is 2.55. The third-order valence-electron chi connectivity index (χ3n) is 3.78. The Morgan fingerprint density at radius 2 is 1.27 bits per heavy atom. The highest BCUT2D eigenvalue weighted by Crippen LogP contribution is 2.30. The summed E-state index contributed by atoms with van der Waals surface area (Å²) in [5, 5.41) is 17.7. The minimum absolute atomic E-state index is 0.150. The number of hydrogen-bond acceptors (Lipinski definition) is 6. The third-order valence-corrected chi connectivity index (χ3v) is 3.78. The van der Waals surface area contributed by atoms with Gasteiger partial charge in [0.05, 0.1) is 4.92 Å². The van der Waals surface area contributed by atoms with E-state index in [1.165, 1.54) is 0 Å². The van der Waals surface area contributed by atoms with E-state index >= 15 is 0 Å². The molecule has 0 amide bonds. The Morgan fingerprint density at radius 3 is 1.65 bits per heavy atom. The number of aromatic nitrogens is 2. The molecule has 132 valence electrons. The Morgan fingerprint density at radius 1 is 0.846 bits per heavy atom. The first-order valence-electron chi connectivity index (χ1n) is 8.22. The molecule has 0 bridgehead atoms. The number of benzene rings is 2. The second-order valence-corrected chi connectivity index (χ2v) is 5.75. The average molecular weight is 349 g/mol. The molecule has 7 nitrogen and oxygen atoms in total. The highest BCUT2D eigenvalue weighted by atomic mass is 16.6. The van der Waals surface area contributed by atoms with Crippen LogP contribution >= 0.6 is 0 Å². The van der Waals surface area contributed by atoms with Gasteiger partial charge in [-0.3, -0.25) is 10.1 Å². The third kappa shape index (κ3) is 4.32. The predicted octanol–water partition coefficient (Wildman–Crippen LogP) is 3.92. The van der Waals surface area contributed by atoms with Crippen molar-refractivity contribution >= 4 is 17.3 Å². The molecule has 0 radical (unpaired) electrons. The van der Waals surface area contributed by atoms with E-state index in [4.69, 9.17) is 0 Å². The fourth-order valence-electron chi connectivity index (χ4n) is 2.55. The van der Waals surface area contributed by atoms with Crippen molar-refractivity contribution in [3.8, 4) is 0 Å². The second-order valence-electron chi connectivity index (χ2n) is 5.75. The molecule has 1 heterocycles. The number of aryl methyl sites for hydroxylation is 1. The molecule has 0 atom stereocenters. The Kier molecular flexibility index (Phi) is 5.38. The highest BCUT2D eigenvalue weighted by molar-refractivity contribution is 5.69. The van der Waals surface area contributed by atoms with E-state index in [9.17, 15) is 10.1 Å². The first-order valence-corrected chi connectivity index (χ1v) is 8.22. The van der Waals surface area contributed by atoms with Crippen LogP contribution in [-0.4, -0.2) is 14.9 Å². The molecule has 3 rings (SSSR count). The van der Waals surface area contributed by atoms with Gasteiger partial charge in [0.25, 0.3) is 0 Å². The van der Waals surface area contributed by atoms with Crippen LogP contribution in [-0.2, 0) is 13.1 Å². The Hall–Kier alpha value is -3.48. The van der Waals surface area contributed by atoms with Crippen LogP contribution in [0.1, 0.15) is 17.0 Å². The zero-order valence-corrected chi connectivity index (χ0v) is 14.3. The number of anilines is 2. The summed E-state index contributed by atoms with van der Waals surface area (Å²) in [5.74, 6) is 0.880. The van der Waals surface area contributed by atoms with Crippen molar-refractivity contribution < 1.29 is 4.92 Å². The largest absolute Gasteiger partial charge is 0.360 e. The van der Waals surface area contributed by atoms with Crippen molar-refractivity contribution in [2.45, 2.75) is 20.0 Å². The Labute approximate surface area is 151 Å². The molecule has 26 heavy (non-hydrogen) atoms. The van der Waals surface area contributed by atoms with Gasteiger partial charge in [-0.15, -0.1) is 0 Å². The van der Waals surface area contributed by atoms with Crippen LogP contribution in [0.2, 0.25) is 0 Å². The van der Waals surface area contributed by atoms with Gasteiger partial charge in [0.15, 0.2) is 0 Å². The van der Waals surface area contributed by atoms with E-state index in [1.54, 1.807) is 6.92 Å². The van der Waals surface area contributed by atoms with Gasteiger partial charge < -0.3 is 10.6 Å². The van der Waals surface area contributed by atoms with Crippen LogP contribution in [0.5, 0.6) is 0 Å². The molecular formula is C19H19N5O2. The SMILES string of the molecule is Cc1nc(NCc2ccccc2)c([N+](=O)[O-])c(NCc2ccccc2)n1. The number of nitrogens with one attached hydrogen (secondary N) is 2. The van der Waals surface area contributed by atoms with Gasteiger partial charge in [0.2, 0.25) is 11.6 Å². The van der Waals surface area contributed by atoms with Crippen LogP contribution < -0.4 is 10.6 Å². The molecule has 0 aliphatic rings. The van der Waals surface area contributed by atoms with Crippen LogP contribution in [0.3, 0.4) is 0 Å². The summed E-state index contributed by atoms with van der Waals surface area (Å²) in [6.07, 6.45) is 0. The molecule has 1 aromatic heterocycles. The predicted molar refractivity (Wildman–Crippen MR) is 101 cm³/mol. The van der Waals surface area contributed by atoms with Crippen molar-refractivity contribution in [1.29, 1.82) is 0 Å². The molecule has 0 saturated heterocycles. The minimum atomic E-state index is -0.458. The van der Waals surface area contributed by atoms with Gasteiger partial charge >= 0.3 is 5.69 Å². The van der Waals surface area contributed by atoms with E-state index in [-0.39, 0.29) is 17.3 Å². The first-order chi connectivity index (χ1) is 12.6. The smallest absolute Gasteiger partial charge is 0.353 e. The maximum atomic E-state index is 11.6. The van der Waals surface area contributed by atoms with Crippen molar-refractivity contribution in [1.82, 2.24) is 9.97 Å². The van der Waals surface area contributed by atoms with Crippen LogP contribution in [0.15, 0.2) is 60.7 Å². The first kappa shape index (κ1) is 17.3. The van der Waals surface area contributed by atoms with E-state index in [0.29, 0.717) is 18.9 Å². The normalized spacial score (nSPS) is 10.3. The van der Waals surface area contributed by atoms with Gasteiger partial charge in [-0.1, -0.05) is 60.7 Å². The lowest BCUT2D eigenvalue weighted by Gasteiger charge is -2.11. The zero-order chi connectivity index (χ0) is 18.4. The molecule has 3 aromatic rings. The molecule has 2 aromatic carbocycles. The lowest BCUT2D eigenvalue weighted by molar-refractivity contribution is -0.383. The summed E-state index contributed by atoms with van der Waals surface area (Å²) in [6.45, 7) is 2.59. The molecule has 0 aliphatic heterocycles. The maximum Gasteiger partial charge on any atom is 0.353 e. The summed E-state index contributed by atoms with van der Waals surface area (Å²) >= 11 is 0. The molecule has 0 saturated carbocycles. The van der Waals surface area contributed by atoms with Crippen molar-refractivity contribution in [3.63, 3.8) is 0 Å². The molecule has 7 heteroatoms. The summed E-state index contributed by atoms with van der Waals surface area (Å²) < 4.78 is 0. The lowest BCUT2D eigenvalue weighted by atomic mass is 10.2. The van der Waals surface area contributed by atoms with E-state index in [2.05, 4.69) is 20.6 Å². The molecule has 0 spiro atoms. The van der Waals surface area contributed by atoms with Crippen molar-refractivity contribution in [2.75, 3.05) is 10.6 Å². The van der Waals surface area contributed by atoms with Crippen LogP contribution in [0, 0.1) is 17.0 Å². The molecule has 2 N–H and O–H groups in total. The molecule has 0 fully saturated rings. The standard InChI is InChI=1S/C19H19N5O2/c1-14-22-18(20-12-15-8-4-2-5-9-15)17(24(25)26)19(23-14)21-13-16-10-6-3-7-11-16/h2-11H,12-13H2,1H3,(H2,20,21,22,23). The summed E-state index contributed by atoms with van der Waals surface area (Å²) in [4.78, 5) is 19.6. The molecule has 0 aliphatic carbocycles. The number of nitro groups is 1. The zero-order valence-electron chi connectivity index (χ0n) is 14.3. The quantitative estimate of drug-likeness (QED) is 0.496. The molecular weight excluding hydrogens is 330 g/mol. The summed E-state index contributed by atoms with van der Waals surface area (Å²) in [7, 11) is 0. The number of nitrogens with zero attached hydrogens (tertiary/aromatic N) is 3. The topological polar surface area (TPSA) is 93.0 Å². The fraction of sp³-hybridized carbons (Fsp3) is 0.158. The van der Waals surface area contributed by atoms with Crippen LogP contribution in [0.25, 0.3) is 0 Å². The number of rotatable bonds is 7. The van der Waals surface area contributed by atoms with E-state index in [1.807, 2.05) is 60.7 Å². The summed E-state index contributed by atoms with van der Waals surface area (Å²) in [5.41, 5.74) is 1.87. The number of hydrogen-bond donors (Lipinski definition) is 2. The van der Waals surface area contributed by atoms with Crippen LogP contribution in [0.4, 0.5) is 17.3 Å². The molecule has 0 unspecified atom stereocenters. The Bertz CT molecular complexity index is 820.